The van der Waals surface area contributed by atoms with Gasteiger partial charge in [-0.15, -0.1) is 0 Å². The Kier molecular flexibility index (Phi) is 6.95. The number of nitrogens with zero attached hydrogens (tertiary/aromatic N) is 2. The first kappa shape index (κ1) is 19.4. The standard InChI is InChI=1S/C22H24N4O2/c27-21(12-14-24-22(28)15-18-7-3-1-4-8-18)23-13-11-19-16-25-26(17-19)20-9-5-2-6-10-20/h1-10,16-17H,11-15H2,(H,23,27)(H,24,28). The van der Waals surface area contributed by atoms with Crippen LogP contribution < -0.4 is 10.6 Å². The van der Waals surface area contributed by atoms with Gasteiger partial charge in [0.05, 0.1) is 18.3 Å². The fourth-order valence-electron chi connectivity index (χ4n) is 2.80. The smallest absolute Gasteiger partial charge is 0.224 e. The Hall–Kier alpha value is -3.41. The van der Waals surface area contributed by atoms with Crippen molar-refractivity contribution in [2.24, 2.45) is 0 Å². The van der Waals surface area contributed by atoms with Crippen molar-refractivity contribution in [1.29, 1.82) is 0 Å². The van der Waals surface area contributed by atoms with Crippen LogP contribution in [0.2, 0.25) is 0 Å². The first-order valence-electron chi connectivity index (χ1n) is 9.37. The lowest BCUT2D eigenvalue weighted by Gasteiger charge is -2.06. The van der Waals surface area contributed by atoms with Crippen LogP contribution in [0.25, 0.3) is 5.69 Å². The number of carbonyl (C=O) groups excluding carboxylic acids is 2. The predicted octanol–water partition coefficient (Wildman–Crippen LogP) is 2.28. The van der Waals surface area contributed by atoms with Crippen LogP contribution in [-0.4, -0.2) is 34.7 Å². The van der Waals surface area contributed by atoms with Crippen molar-refractivity contribution < 1.29 is 9.59 Å². The minimum Gasteiger partial charge on any atom is -0.356 e. The molecule has 0 aliphatic heterocycles. The second kappa shape index (κ2) is 10.1. The highest BCUT2D eigenvalue weighted by molar-refractivity contribution is 5.80. The van der Waals surface area contributed by atoms with E-state index in [-0.39, 0.29) is 18.2 Å². The molecule has 28 heavy (non-hydrogen) atoms. The lowest BCUT2D eigenvalue weighted by molar-refractivity contribution is -0.122. The number of para-hydroxylation sites is 1. The Bertz CT molecular complexity index is 891. The van der Waals surface area contributed by atoms with Crippen molar-refractivity contribution in [1.82, 2.24) is 20.4 Å². The van der Waals surface area contributed by atoms with E-state index in [0.717, 1.165) is 16.8 Å². The van der Waals surface area contributed by atoms with Crippen molar-refractivity contribution in [3.63, 3.8) is 0 Å². The third-order valence-corrected chi connectivity index (χ3v) is 4.27. The molecule has 6 nitrogen and oxygen atoms in total. The minimum absolute atomic E-state index is 0.0736. The van der Waals surface area contributed by atoms with Gasteiger partial charge in [-0.05, 0) is 29.7 Å². The van der Waals surface area contributed by atoms with E-state index in [1.165, 1.54) is 0 Å². The van der Waals surface area contributed by atoms with Crippen LogP contribution in [0, 0.1) is 0 Å². The zero-order chi connectivity index (χ0) is 19.6. The monoisotopic (exact) mass is 376 g/mol. The van der Waals surface area contributed by atoms with Gasteiger partial charge in [-0.2, -0.15) is 5.10 Å². The first-order valence-corrected chi connectivity index (χ1v) is 9.37. The molecule has 1 aromatic heterocycles. The normalized spacial score (nSPS) is 10.4. The zero-order valence-electron chi connectivity index (χ0n) is 15.7. The highest BCUT2D eigenvalue weighted by Gasteiger charge is 2.06. The van der Waals surface area contributed by atoms with Gasteiger partial charge < -0.3 is 10.6 Å². The van der Waals surface area contributed by atoms with Crippen LogP contribution in [0.5, 0.6) is 0 Å². The van der Waals surface area contributed by atoms with E-state index in [9.17, 15) is 9.59 Å². The van der Waals surface area contributed by atoms with Crippen LogP contribution in [-0.2, 0) is 22.4 Å². The fraction of sp³-hybridized carbons (Fsp3) is 0.227. The van der Waals surface area contributed by atoms with Gasteiger partial charge in [0, 0.05) is 25.7 Å². The van der Waals surface area contributed by atoms with E-state index < -0.39 is 0 Å². The molecule has 2 aromatic carbocycles. The van der Waals surface area contributed by atoms with Gasteiger partial charge in [0.25, 0.3) is 0 Å². The molecule has 0 fully saturated rings. The number of benzene rings is 2. The quantitative estimate of drug-likeness (QED) is 0.602. The molecule has 3 rings (SSSR count). The number of hydrogen-bond acceptors (Lipinski definition) is 3. The molecular formula is C22H24N4O2. The summed E-state index contributed by atoms with van der Waals surface area (Å²) in [4.78, 5) is 23.8. The van der Waals surface area contributed by atoms with Crippen LogP contribution in [0.3, 0.4) is 0 Å². The van der Waals surface area contributed by atoms with E-state index in [1.807, 2.05) is 77.7 Å². The Balaban J connectivity index is 1.32. The van der Waals surface area contributed by atoms with E-state index >= 15 is 0 Å². The van der Waals surface area contributed by atoms with Crippen molar-refractivity contribution in [3.05, 3.63) is 84.2 Å². The molecule has 0 radical (unpaired) electrons. The van der Waals surface area contributed by atoms with Crippen molar-refractivity contribution in [2.75, 3.05) is 13.1 Å². The third kappa shape index (κ3) is 6.09. The average Bonchev–Trinajstić information content (AvgIpc) is 3.18. The van der Waals surface area contributed by atoms with Gasteiger partial charge in [-0.25, -0.2) is 4.68 Å². The van der Waals surface area contributed by atoms with Crippen LogP contribution in [0.4, 0.5) is 0 Å². The molecule has 0 atom stereocenters. The third-order valence-electron chi connectivity index (χ3n) is 4.27. The molecule has 0 saturated heterocycles. The minimum atomic E-state index is -0.0765. The SMILES string of the molecule is O=C(CCNC(=O)Cc1ccccc1)NCCc1cnn(-c2ccccc2)c1. The molecular weight excluding hydrogens is 352 g/mol. The van der Waals surface area contributed by atoms with E-state index in [2.05, 4.69) is 15.7 Å². The fourth-order valence-corrected chi connectivity index (χ4v) is 2.80. The van der Waals surface area contributed by atoms with E-state index in [1.54, 1.807) is 0 Å². The summed E-state index contributed by atoms with van der Waals surface area (Å²) in [6, 6.07) is 19.4. The Morgan fingerprint density at radius 1 is 0.821 bits per heavy atom. The summed E-state index contributed by atoms with van der Waals surface area (Å²) in [6.07, 6.45) is 5.07. The summed E-state index contributed by atoms with van der Waals surface area (Å²) in [6.45, 7) is 0.876. The highest BCUT2D eigenvalue weighted by atomic mass is 16.2. The van der Waals surface area contributed by atoms with Crippen LogP contribution in [0.15, 0.2) is 73.1 Å². The molecule has 144 valence electrons. The van der Waals surface area contributed by atoms with Gasteiger partial charge in [0.1, 0.15) is 0 Å². The molecule has 0 aliphatic rings. The van der Waals surface area contributed by atoms with Gasteiger partial charge >= 0.3 is 0 Å². The number of aromatic nitrogens is 2. The molecule has 0 saturated carbocycles. The molecule has 0 spiro atoms. The molecule has 6 heteroatoms. The van der Waals surface area contributed by atoms with Gasteiger partial charge in [0.2, 0.25) is 11.8 Å². The average molecular weight is 376 g/mol. The maximum absolute atomic E-state index is 11.9. The van der Waals surface area contributed by atoms with Crippen LogP contribution >= 0.6 is 0 Å². The maximum Gasteiger partial charge on any atom is 0.224 e. The molecule has 3 aromatic rings. The Morgan fingerprint density at radius 3 is 2.25 bits per heavy atom. The number of carbonyl (C=O) groups is 2. The molecule has 0 unspecified atom stereocenters. The first-order chi connectivity index (χ1) is 13.7. The van der Waals surface area contributed by atoms with Crippen LogP contribution in [0.1, 0.15) is 17.5 Å². The van der Waals surface area contributed by atoms with Crippen molar-refractivity contribution >= 4 is 11.8 Å². The number of amides is 2. The van der Waals surface area contributed by atoms with Crippen molar-refractivity contribution in [3.8, 4) is 5.69 Å². The summed E-state index contributed by atoms with van der Waals surface area (Å²) < 4.78 is 1.82. The molecule has 2 N–H and O–H groups in total. The van der Waals surface area contributed by atoms with Gasteiger partial charge in [-0.3, -0.25) is 9.59 Å². The zero-order valence-corrected chi connectivity index (χ0v) is 15.7. The second-order valence-electron chi connectivity index (χ2n) is 6.49. The number of nitrogens with one attached hydrogen (secondary N) is 2. The lowest BCUT2D eigenvalue weighted by Crippen LogP contribution is -2.32. The molecule has 0 aliphatic carbocycles. The number of rotatable bonds is 9. The molecule has 2 amide bonds. The maximum atomic E-state index is 11.9. The van der Waals surface area contributed by atoms with E-state index in [4.69, 9.17) is 0 Å². The summed E-state index contributed by atoms with van der Waals surface area (Å²) in [5.74, 6) is -0.150. The summed E-state index contributed by atoms with van der Waals surface area (Å²) in [7, 11) is 0. The van der Waals surface area contributed by atoms with Gasteiger partial charge in [0.15, 0.2) is 0 Å². The van der Waals surface area contributed by atoms with Crippen molar-refractivity contribution in [2.45, 2.75) is 19.3 Å². The van der Waals surface area contributed by atoms with E-state index in [0.29, 0.717) is 25.9 Å². The second-order valence-corrected chi connectivity index (χ2v) is 6.49. The Labute approximate surface area is 164 Å². The Morgan fingerprint density at radius 2 is 1.50 bits per heavy atom. The van der Waals surface area contributed by atoms with Gasteiger partial charge in [-0.1, -0.05) is 48.5 Å². The highest BCUT2D eigenvalue weighted by Crippen LogP contribution is 2.07. The lowest BCUT2D eigenvalue weighted by atomic mass is 10.1. The predicted molar refractivity (Wildman–Crippen MR) is 108 cm³/mol. The molecule has 1 heterocycles. The topological polar surface area (TPSA) is 76.0 Å². The largest absolute Gasteiger partial charge is 0.356 e. The summed E-state index contributed by atoms with van der Waals surface area (Å²) in [5.41, 5.74) is 3.02. The summed E-state index contributed by atoms with van der Waals surface area (Å²) >= 11 is 0. The summed E-state index contributed by atoms with van der Waals surface area (Å²) in [5, 5.41) is 10.00. The molecule has 0 bridgehead atoms. The number of hydrogen-bond donors (Lipinski definition) is 2.